The number of carbonyl (C=O) groups is 3. The molecule has 1 heterocycles. The fraction of sp³-hybridized carbons (Fsp3) is 0.464. The average molecular weight is 477 g/mol. The van der Waals surface area contributed by atoms with Gasteiger partial charge in [-0.3, -0.25) is 4.79 Å². The van der Waals surface area contributed by atoms with Crippen molar-refractivity contribution in [2.45, 2.75) is 57.0 Å². The number of nitrogens with one attached hydrogen (secondary N) is 1. The van der Waals surface area contributed by atoms with Crippen molar-refractivity contribution in [2.75, 3.05) is 13.2 Å². The van der Waals surface area contributed by atoms with E-state index in [4.69, 9.17) is 4.74 Å². The summed E-state index contributed by atoms with van der Waals surface area (Å²) in [6.07, 6.45) is 2.88. The number of carbonyl (C=O) groups excluding carboxylic acids is 2. The van der Waals surface area contributed by atoms with Gasteiger partial charge in [-0.15, -0.1) is 0 Å². The van der Waals surface area contributed by atoms with E-state index in [0.29, 0.717) is 25.8 Å². The average Bonchev–Trinajstić information content (AvgIpc) is 3.44. The number of piperidine rings is 1. The van der Waals surface area contributed by atoms with E-state index >= 15 is 0 Å². The Labute approximate surface area is 205 Å². The van der Waals surface area contributed by atoms with Crippen molar-refractivity contribution in [1.29, 1.82) is 0 Å². The third-order valence-corrected chi connectivity index (χ3v) is 7.87. The molecule has 35 heavy (non-hydrogen) atoms. The molecule has 2 aromatic rings. The molecule has 2 N–H and O–H groups in total. The summed E-state index contributed by atoms with van der Waals surface area (Å²) >= 11 is 0. The van der Waals surface area contributed by atoms with Crippen LogP contribution in [0.2, 0.25) is 0 Å². The molecule has 0 bridgehead atoms. The first-order chi connectivity index (χ1) is 16.9. The Kier molecular flexibility index (Phi) is 6.50. The number of alkyl carbamates (subject to hydrolysis) is 1. The van der Waals surface area contributed by atoms with Crippen LogP contribution in [0.5, 0.6) is 0 Å². The van der Waals surface area contributed by atoms with Crippen LogP contribution in [0.3, 0.4) is 0 Å². The zero-order valence-electron chi connectivity index (χ0n) is 20.0. The maximum atomic E-state index is 13.4. The van der Waals surface area contributed by atoms with E-state index < -0.39 is 24.0 Å². The zero-order chi connectivity index (χ0) is 24.5. The number of nitrogens with zero attached hydrogens (tertiary/aromatic N) is 1. The van der Waals surface area contributed by atoms with Crippen LogP contribution in [-0.2, 0) is 14.3 Å². The van der Waals surface area contributed by atoms with Gasteiger partial charge < -0.3 is 20.1 Å². The van der Waals surface area contributed by atoms with Crippen LogP contribution in [0.4, 0.5) is 4.79 Å². The van der Waals surface area contributed by atoms with Gasteiger partial charge in [0, 0.05) is 18.5 Å². The highest BCUT2D eigenvalue weighted by molar-refractivity contribution is 5.86. The normalized spacial score (nSPS) is 25.6. The Morgan fingerprint density at radius 1 is 0.971 bits per heavy atom. The number of ether oxygens (including phenoxy) is 1. The van der Waals surface area contributed by atoms with E-state index in [1.165, 1.54) is 16.0 Å². The van der Waals surface area contributed by atoms with Crippen LogP contribution in [0.15, 0.2) is 48.5 Å². The number of benzene rings is 2. The van der Waals surface area contributed by atoms with E-state index in [1.807, 2.05) is 31.2 Å². The molecule has 4 atom stereocenters. The van der Waals surface area contributed by atoms with Crippen molar-refractivity contribution < 1.29 is 24.2 Å². The molecule has 0 aromatic heterocycles. The number of fused-ring (bicyclic) bond motifs is 3. The number of rotatable bonds is 5. The minimum atomic E-state index is -0.954. The SMILES string of the molecule is CC1CCC(C(=O)O)N(C(=O)[C@H]2CCC[C@H]2NC(=O)OCC2c3ccccc3-c3ccccc32)C1. The van der Waals surface area contributed by atoms with Gasteiger partial charge in [-0.2, -0.15) is 0 Å². The van der Waals surface area contributed by atoms with Gasteiger partial charge in [0.25, 0.3) is 0 Å². The third kappa shape index (κ3) is 4.51. The minimum absolute atomic E-state index is 0.0275. The molecule has 2 amide bonds. The monoisotopic (exact) mass is 476 g/mol. The molecule has 2 aliphatic carbocycles. The first-order valence-electron chi connectivity index (χ1n) is 12.6. The molecule has 3 aliphatic rings. The van der Waals surface area contributed by atoms with Crippen LogP contribution in [-0.4, -0.2) is 53.2 Å². The second-order valence-corrected chi connectivity index (χ2v) is 10.1. The molecule has 0 spiro atoms. The lowest BCUT2D eigenvalue weighted by Crippen LogP contribution is -2.54. The summed E-state index contributed by atoms with van der Waals surface area (Å²) in [5.41, 5.74) is 4.63. The van der Waals surface area contributed by atoms with Crippen LogP contribution in [0.1, 0.15) is 56.1 Å². The second kappa shape index (κ2) is 9.72. The molecular weight excluding hydrogens is 444 g/mol. The van der Waals surface area contributed by atoms with Gasteiger partial charge in [0.1, 0.15) is 12.6 Å². The minimum Gasteiger partial charge on any atom is -0.480 e. The molecule has 184 valence electrons. The molecule has 2 fully saturated rings. The van der Waals surface area contributed by atoms with Gasteiger partial charge in [0.2, 0.25) is 5.91 Å². The predicted molar refractivity (Wildman–Crippen MR) is 131 cm³/mol. The van der Waals surface area contributed by atoms with Crippen molar-refractivity contribution in [3.05, 3.63) is 59.7 Å². The Bertz CT molecular complexity index is 1090. The number of likely N-dealkylation sites (tertiary alicyclic amines) is 1. The lowest BCUT2D eigenvalue weighted by atomic mass is 9.91. The van der Waals surface area contributed by atoms with Gasteiger partial charge in [-0.1, -0.05) is 61.9 Å². The first-order valence-corrected chi connectivity index (χ1v) is 12.6. The van der Waals surface area contributed by atoms with Crippen LogP contribution in [0.25, 0.3) is 11.1 Å². The number of amides is 2. The quantitative estimate of drug-likeness (QED) is 0.667. The second-order valence-electron chi connectivity index (χ2n) is 10.1. The Hall–Kier alpha value is -3.35. The van der Waals surface area contributed by atoms with E-state index in [9.17, 15) is 19.5 Å². The number of carboxylic acid groups (broad SMARTS) is 1. The molecule has 7 heteroatoms. The zero-order valence-corrected chi connectivity index (χ0v) is 20.0. The van der Waals surface area contributed by atoms with E-state index in [1.54, 1.807) is 0 Å². The summed E-state index contributed by atoms with van der Waals surface area (Å²) in [7, 11) is 0. The molecule has 5 rings (SSSR count). The summed E-state index contributed by atoms with van der Waals surface area (Å²) in [6.45, 7) is 2.71. The molecule has 7 nitrogen and oxygen atoms in total. The standard InChI is InChI=1S/C28H32N2O5/c1-17-13-14-25(27(32)33)30(15-17)26(31)22-11-6-12-24(22)29-28(34)35-16-23-20-9-4-2-7-18(20)19-8-3-5-10-21(19)23/h2-5,7-10,17,22-25H,6,11-16H2,1H3,(H,29,34)(H,32,33)/t17?,22-,24+,25?/m0/s1. The highest BCUT2D eigenvalue weighted by Gasteiger charge is 2.42. The van der Waals surface area contributed by atoms with Gasteiger partial charge in [0.05, 0.1) is 5.92 Å². The van der Waals surface area contributed by atoms with Crippen LogP contribution < -0.4 is 5.32 Å². The van der Waals surface area contributed by atoms with Crippen molar-refractivity contribution in [3.8, 4) is 11.1 Å². The molecule has 2 aromatic carbocycles. The van der Waals surface area contributed by atoms with Crippen molar-refractivity contribution in [2.24, 2.45) is 11.8 Å². The molecular formula is C28H32N2O5. The smallest absolute Gasteiger partial charge is 0.407 e. The molecule has 1 saturated carbocycles. The van der Waals surface area contributed by atoms with E-state index in [-0.39, 0.29) is 30.4 Å². The first kappa shape index (κ1) is 23.4. The summed E-state index contributed by atoms with van der Waals surface area (Å²) in [5.74, 6) is -1.29. The molecule has 1 aliphatic heterocycles. The molecule has 2 unspecified atom stereocenters. The topological polar surface area (TPSA) is 95.9 Å². The van der Waals surface area contributed by atoms with Gasteiger partial charge in [-0.25, -0.2) is 9.59 Å². The number of hydrogen-bond acceptors (Lipinski definition) is 4. The number of carboxylic acids is 1. The number of hydrogen-bond donors (Lipinski definition) is 2. The Morgan fingerprint density at radius 3 is 2.29 bits per heavy atom. The highest BCUT2D eigenvalue weighted by Crippen LogP contribution is 2.44. The van der Waals surface area contributed by atoms with Gasteiger partial charge in [0.15, 0.2) is 0 Å². The fourth-order valence-electron chi connectivity index (χ4n) is 6.09. The maximum Gasteiger partial charge on any atom is 0.407 e. The lowest BCUT2D eigenvalue weighted by Gasteiger charge is -2.38. The lowest BCUT2D eigenvalue weighted by molar-refractivity contribution is -0.155. The predicted octanol–water partition coefficient (Wildman–Crippen LogP) is 4.41. The van der Waals surface area contributed by atoms with Crippen LogP contribution >= 0.6 is 0 Å². The maximum absolute atomic E-state index is 13.4. The summed E-state index contributed by atoms with van der Waals surface area (Å²) in [5, 5.41) is 12.5. The molecule has 0 radical (unpaired) electrons. The Morgan fingerprint density at radius 2 is 1.63 bits per heavy atom. The van der Waals surface area contributed by atoms with Crippen LogP contribution in [0, 0.1) is 11.8 Å². The molecule has 1 saturated heterocycles. The highest BCUT2D eigenvalue weighted by atomic mass is 16.5. The summed E-state index contributed by atoms with van der Waals surface area (Å²) < 4.78 is 5.68. The van der Waals surface area contributed by atoms with Gasteiger partial charge >= 0.3 is 12.1 Å². The van der Waals surface area contributed by atoms with Crippen molar-refractivity contribution in [3.63, 3.8) is 0 Å². The van der Waals surface area contributed by atoms with E-state index in [0.717, 1.165) is 24.0 Å². The summed E-state index contributed by atoms with van der Waals surface area (Å²) in [6, 6.07) is 15.2. The van der Waals surface area contributed by atoms with Gasteiger partial charge in [-0.05, 0) is 53.9 Å². The van der Waals surface area contributed by atoms with Crippen molar-refractivity contribution in [1.82, 2.24) is 10.2 Å². The Balaban J connectivity index is 1.23. The fourth-order valence-corrected chi connectivity index (χ4v) is 6.09. The largest absolute Gasteiger partial charge is 0.480 e. The summed E-state index contributed by atoms with van der Waals surface area (Å²) in [4.78, 5) is 39.4. The third-order valence-electron chi connectivity index (χ3n) is 7.87. The van der Waals surface area contributed by atoms with E-state index in [2.05, 4.69) is 29.6 Å². The number of aliphatic carboxylic acids is 1. The van der Waals surface area contributed by atoms with Crippen molar-refractivity contribution >= 4 is 18.0 Å².